The Bertz CT molecular complexity index is 1260. The predicted molar refractivity (Wildman–Crippen MR) is 175 cm³/mol. The van der Waals surface area contributed by atoms with Crippen LogP contribution in [0.2, 0.25) is 0 Å². The zero-order chi connectivity index (χ0) is 34.1. The number of methoxy groups -OCH3 is 1. The molecule has 2 N–H and O–H groups in total. The van der Waals surface area contributed by atoms with Crippen molar-refractivity contribution in [3.8, 4) is 5.75 Å². The highest BCUT2D eigenvalue weighted by Gasteiger charge is 2.32. The lowest BCUT2D eigenvalue weighted by molar-refractivity contribution is -0.147. The summed E-state index contributed by atoms with van der Waals surface area (Å²) in [5, 5.41) is 0. The molecule has 0 fully saturated rings. The molecular weight excluding hydrogens is 608 g/mol. The van der Waals surface area contributed by atoms with E-state index in [1.807, 2.05) is 45.0 Å². The standard InChI is InChI=1S/C34H50N4O9/c1-34(2,3)47-33(41)38(30-8-5-6-12-36-30)13-7-15-46-29-10-9-26-22-27(24-31(39)42-4)32(40)37(25-28(26)23-29)14-17-44-19-21-45-20-18-43-16-11-35/h5-6,8-10,12,23,27H,7,11,13-22,24-25,35H2,1-4H3/t27-/m0/s1. The van der Waals surface area contributed by atoms with E-state index in [1.165, 1.54) is 12.0 Å². The van der Waals surface area contributed by atoms with Crippen LogP contribution in [-0.2, 0) is 46.2 Å². The number of amides is 2. The monoisotopic (exact) mass is 658 g/mol. The minimum Gasteiger partial charge on any atom is -0.494 e. The maximum Gasteiger partial charge on any atom is 0.416 e. The van der Waals surface area contributed by atoms with E-state index in [2.05, 4.69) is 4.98 Å². The SMILES string of the molecule is COC(=O)C[C@@H]1Cc2ccc(OCCCN(C(=O)OC(C)(C)C)c3ccccn3)cc2CN(CCOCCOCCOCCN)C1=O. The highest BCUT2D eigenvalue weighted by molar-refractivity contribution is 5.86. The lowest BCUT2D eigenvalue weighted by atomic mass is 9.94. The number of hydrogen-bond donors (Lipinski definition) is 1. The molecular formula is C34H50N4O9. The number of carbonyl (C=O) groups excluding carboxylic acids is 3. The van der Waals surface area contributed by atoms with Crippen molar-refractivity contribution in [2.45, 2.75) is 52.2 Å². The van der Waals surface area contributed by atoms with Gasteiger partial charge in [-0.2, -0.15) is 0 Å². The van der Waals surface area contributed by atoms with Crippen LogP contribution in [0, 0.1) is 5.92 Å². The van der Waals surface area contributed by atoms with Crippen molar-refractivity contribution in [1.82, 2.24) is 9.88 Å². The van der Waals surface area contributed by atoms with E-state index in [0.29, 0.717) is 96.8 Å². The Hall–Kier alpha value is -3.78. The van der Waals surface area contributed by atoms with Gasteiger partial charge in [-0.25, -0.2) is 9.78 Å². The molecule has 260 valence electrons. The van der Waals surface area contributed by atoms with Crippen molar-refractivity contribution >= 4 is 23.8 Å². The number of carbonyl (C=O) groups is 3. The van der Waals surface area contributed by atoms with Gasteiger partial charge in [-0.3, -0.25) is 14.5 Å². The minimum absolute atomic E-state index is 0.00509. The number of benzene rings is 1. The normalized spacial score (nSPS) is 14.7. The molecule has 13 nitrogen and oxygen atoms in total. The van der Waals surface area contributed by atoms with Gasteiger partial charge in [0.25, 0.3) is 0 Å². The molecule has 2 amide bonds. The molecule has 0 spiro atoms. The molecule has 3 rings (SSSR count). The lowest BCUT2D eigenvalue weighted by Crippen LogP contribution is -2.38. The summed E-state index contributed by atoms with van der Waals surface area (Å²) in [6.45, 7) is 9.87. The summed E-state index contributed by atoms with van der Waals surface area (Å²) in [6, 6.07) is 11.1. The first kappa shape index (κ1) is 37.7. The number of esters is 1. The zero-order valence-corrected chi connectivity index (χ0v) is 28.1. The summed E-state index contributed by atoms with van der Waals surface area (Å²) in [5.41, 5.74) is 6.66. The number of ether oxygens (including phenoxy) is 6. The smallest absolute Gasteiger partial charge is 0.416 e. The average molecular weight is 659 g/mol. The van der Waals surface area contributed by atoms with Crippen molar-refractivity contribution in [2.24, 2.45) is 11.7 Å². The molecule has 1 aromatic carbocycles. The Morgan fingerprint density at radius 2 is 1.70 bits per heavy atom. The second-order valence-electron chi connectivity index (χ2n) is 12.0. The predicted octanol–water partition coefficient (Wildman–Crippen LogP) is 3.36. The molecule has 1 aliphatic heterocycles. The van der Waals surface area contributed by atoms with Gasteiger partial charge >= 0.3 is 12.1 Å². The molecule has 1 aliphatic rings. The summed E-state index contributed by atoms with van der Waals surface area (Å²) in [4.78, 5) is 46.1. The van der Waals surface area contributed by atoms with Crippen molar-refractivity contribution in [3.05, 3.63) is 53.7 Å². The van der Waals surface area contributed by atoms with Gasteiger partial charge in [0.05, 0.1) is 65.7 Å². The second-order valence-corrected chi connectivity index (χ2v) is 12.0. The summed E-state index contributed by atoms with van der Waals surface area (Å²) in [6.07, 6.45) is 2.09. The molecule has 0 aliphatic carbocycles. The third-order valence-corrected chi connectivity index (χ3v) is 7.15. The fourth-order valence-corrected chi connectivity index (χ4v) is 4.91. The molecule has 13 heteroatoms. The lowest BCUT2D eigenvalue weighted by Gasteiger charge is -2.26. The first-order valence-electron chi connectivity index (χ1n) is 16.1. The minimum atomic E-state index is -0.645. The Morgan fingerprint density at radius 1 is 0.979 bits per heavy atom. The van der Waals surface area contributed by atoms with Gasteiger partial charge in [0.1, 0.15) is 17.2 Å². The Balaban J connectivity index is 1.59. The van der Waals surface area contributed by atoms with Crippen molar-refractivity contribution in [3.63, 3.8) is 0 Å². The van der Waals surface area contributed by atoms with Gasteiger partial charge < -0.3 is 39.1 Å². The third kappa shape index (κ3) is 13.5. The van der Waals surface area contributed by atoms with Crippen molar-refractivity contribution < 1.29 is 42.8 Å². The Kier molecular flexibility index (Phi) is 15.9. The molecule has 47 heavy (non-hydrogen) atoms. The zero-order valence-electron chi connectivity index (χ0n) is 28.1. The van der Waals surface area contributed by atoms with Gasteiger partial charge in [0.15, 0.2) is 0 Å². The summed E-state index contributed by atoms with van der Waals surface area (Å²) < 4.78 is 33.0. The van der Waals surface area contributed by atoms with Gasteiger partial charge in [-0.1, -0.05) is 12.1 Å². The fraction of sp³-hybridized carbons (Fsp3) is 0.588. The van der Waals surface area contributed by atoms with E-state index in [0.717, 1.165) is 11.1 Å². The quantitative estimate of drug-likeness (QED) is 0.175. The Morgan fingerprint density at radius 3 is 2.36 bits per heavy atom. The van der Waals surface area contributed by atoms with Gasteiger partial charge in [-0.05, 0) is 69.0 Å². The largest absolute Gasteiger partial charge is 0.494 e. The van der Waals surface area contributed by atoms with Gasteiger partial charge in [0, 0.05) is 32.4 Å². The molecule has 1 atom stereocenters. The topological polar surface area (TPSA) is 152 Å². The summed E-state index contributed by atoms with van der Waals surface area (Å²) in [5.74, 6) is 0.0534. The second kappa shape index (κ2) is 19.8. The van der Waals surface area contributed by atoms with Crippen LogP contribution in [-0.4, -0.2) is 106 Å². The molecule has 2 heterocycles. The van der Waals surface area contributed by atoms with Gasteiger partial charge in [0.2, 0.25) is 5.91 Å². The van der Waals surface area contributed by atoms with Crippen LogP contribution in [0.5, 0.6) is 5.75 Å². The maximum absolute atomic E-state index is 13.5. The number of nitrogens with two attached hydrogens (primary N) is 1. The summed E-state index contributed by atoms with van der Waals surface area (Å²) >= 11 is 0. The highest BCUT2D eigenvalue weighted by Crippen LogP contribution is 2.28. The first-order chi connectivity index (χ1) is 22.6. The summed E-state index contributed by atoms with van der Waals surface area (Å²) in [7, 11) is 1.32. The molecule has 0 saturated carbocycles. The third-order valence-electron chi connectivity index (χ3n) is 7.15. The maximum atomic E-state index is 13.5. The van der Waals surface area contributed by atoms with Crippen LogP contribution in [0.15, 0.2) is 42.6 Å². The molecule has 0 radical (unpaired) electrons. The van der Waals surface area contributed by atoms with Crippen LogP contribution in [0.25, 0.3) is 0 Å². The van der Waals surface area contributed by atoms with Crippen molar-refractivity contribution in [2.75, 3.05) is 77.9 Å². The number of aromatic nitrogens is 1. The number of anilines is 1. The molecule has 1 aromatic heterocycles. The highest BCUT2D eigenvalue weighted by atomic mass is 16.6. The van der Waals surface area contributed by atoms with Crippen LogP contribution >= 0.6 is 0 Å². The van der Waals surface area contributed by atoms with Crippen LogP contribution < -0.4 is 15.4 Å². The molecule has 0 unspecified atom stereocenters. The van der Waals surface area contributed by atoms with Crippen LogP contribution in [0.3, 0.4) is 0 Å². The van der Waals surface area contributed by atoms with E-state index in [9.17, 15) is 14.4 Å². The molecule has 0 bridgehead atoms. The average Bonchev–Trinajstić information content (AvgIpc) is 3.16. The van der Waals surface area contributed by atoms with E-state index in [1.54, 1.807) is 23.2 Å². The molecule has 2 aromatic rings. The van der Waals surface area contributed by atoms with Crippen LogP contribution in [0.4, 0.5) is 10.6 Å². The van der Waals surface area contributed by atoms with Gasteiger partial charge in [-0.15, -0.1) is 0 Å². The van der Waals surface area contributed by atoms with E-state index >= 15 is 0 Å². The number of rotatable bonds is 19. The fourth-order valence-electron chi connectivity index (χ4n) is 4.91. The number of nitrogens with zero attached hydrogens (tertiary/aromatic N) is 3. The first-order valence-corrected chi connectivity index (χ1v) is 16.1. The Labute approximate surface area is 277 Å². The molecule has 0 saturated heterocycles. The van der Waals surface area contributed by atoms with Crippen molar-refractivity contribution in [1.29, 1.82) is 0 Å². The number of fused-ring (bicyclic) bond motifs is 1. The van der Waals surface area contributed by atoms with E-state index < -0.39 is 23.6 Å². The van der Waals surface area contributed by atoms with E-state index in [4.69, 9.17) is 34.2 Å². The number of hydrogen-bond acceptors (Lipinski definition) is 11. The number of pyridine rings is 1. The van der Waals surface area contributed by atoms with Crippen LogP contribution in [0.1, 0.15) is 44.7 Å². The van der Waals surface area contributed by atoms with E-state index in [-0.39, 0.29) is 12.3 Å².